The van der Waals surface area contributed by atoms with Gasteiger partial charge in [-0.25, -0.2) is 4.31 Å². The normalized spacial score (nSPS) is 15.4. The van der Waals surface area contributed by atoms with E-state index >= 15 is 0 Å². The SMILES string of the molecule is CCCCN1C(=O)c2ccccc2N(C(=O)c2ccc(OC)cc2)S1(=O)=O. The van der Waals surface area contributed by atoms with Gasteiger partial charge in [0, 0.05) is 12.1 Å². The van der Waals surface area contributed by atoms with Gasteiger partial charge in [-0.1, -0.05) is 25.5 Å². The Morgan fingerprint density at radius 3 is 2.37 bits per heavy atom. The van der Waals surface area contributed by atoms with Gasteiger partial charge in [0.2, 0.25) is 0 Å². The Bertz CT molecular complexity index is 970. The summed E-state index contributed by atoms with van der Waals surface area (Å²) >= 11 is 0. The summed E-state index contributed by atoms with van der Waals surface area (Å²) in [5, 5.41) is 0. The van der Waals surface area contributed by atoms with Crippen LogP contribution in [0.25, 0.3) is 0 Å². The van der Waals surface area contributed by atoms with E-state index < -0.39 is 22.0 Å². The van der Waals surface area contributed by atoms with Crippen molar-refractivity contribution in [2.75, 3.05) is 18.0 Å². The van der Waals surface area contributed by atoms with Gasteiger partial charge >= 0.3 is 10.2 Å². The number of benzene rings is 2. The molecule has 142 valence electrons. The lowest BCUT2D eigenvalue weighted by Crippen LogP contribution is -2.53. The Labute approximate surface area is 158 Å². The van der Waals surface area contributed by atoms with Crippen molar-refractivity contribution in [3.63, 3.8) is 0 Å². The molecule has 0 saturated carbocycles. The molecule has 2 aromatic rings. The van der Waals surface area contributed by atoms with Crippen LogP contribution in [0.5, 0.6) is 5.75 Å². The highest BCUT2D eigenvalue weighted by Crippen LogP contribution is 2.33. The van der Waals surface area contributed by atoms with Crippen LogP contribution in [0.4, 0.5) is 5.69 Å². The first kappa shape index (κ1) is 18.9. The zero-order chi connectivity index (χ0) is 19.6. The summed E-state index contributed by atoms with van der Waals surface area (Å²) in [5.41, 5.74) is 0.431. The van der Waals surface area contributed by atoms with Crippen molar-refractivity contribution in [3.8, 4) is 5.75 Å². The molecule has 0 aromatic heterocycles. The summed E-state index contributed by atoms with van der Waals surface area (Å²) in [5.74, 6) is -0.787. The molecule has 2 amide bonds. The molecule has 1 aliphatic rings. The van der Waals surface area contributed by atoms with E-state index in [0.717, 1.165) is 4.31 Å². The predicted molar refractivity (Wildman–Crippen MR) is 101 cm³/mol. The number of rotatable bonds is 5. The van der Waals surface area contributed by atoms with Crippen molar-refractivity contribution in [2.45, 2.75) is 19.8 Å². The van der Waals surface area contributed by atoms with E-state index in [9.17, 15) is 18.0 Å². The second-order valence-corrected chi connectivity index (χ2v) is 7.76. The molecule has 27 heavy (non-hydrogen) atoms. The van der Waals surface area contributed by atoms with E-state index in [1.807, 2.05) is 6.92 Å². The molecule has 0 aliphatic carbocycles. The van der Waals surface area contributed by atoms with Crippen LogP contribution in [-0.4, -0.2) is 38.2 Å². The van der Waals surface area contributed by atoms with E-state index in [1.54, 1.807) is 24.3 Å². The van der Waals surface area contributed by atoms with Crippen molar-refractivity contribution in [3.05, 3.63) is 59.7 Å². The zero-order valence-corrected chi connectivity index (χ0v) is 15.9. The highest BCUT2D eigenvalue weighted by atomic mass is 32.2. The fourth-order valence-corrected chi connectivity index (χ4v) is 4.46. The van der Waals surface area contributed by atoms with E-state index in [-0.39, 0.29) is 23.4 Å². The Balaban J connectivity index is 2.11. The number of carbonyl (C=O) groups excluding carboxylic acids is 2. The molecule has 0 fully saturated rings. The number of amides is 2. The van der Waals surface area contributed by atoms with Crippen LogP contribution < -0.4 is 9.04 Å². The maximum Gasteiger partial charge on any atom is 0.335 e. The number of hydrogen-bond acceptors (Lipinski definition) is 5. The van der Waals surface area contributed by atoms with Gasteiger partial charge in [0.25, 0.3) is 11.8 Å². The third kappa shape index (κ3) is 3.28. The Morgan fingerprint density at radius 1 is 1.07 bits per heavy atom. The summed E-state index contributed by atoms with van der Waals surface area (Å²) in [6.45, 7) is 1.92. The number of nitrogens with zero attached hydrogens (tertiary/aromatic N) is 2. The number of methoxy groups -OCH3 is 1. The van der Waals surface area contributed by atoms with Crippen LogP contribution >= 0.6 is 0 Å². The second-order valence-electron chi connectivity index (χ2n) is 6.05. The molecule has 0 bridgehead atoms. The minimum atomic E-state index is -4.33. The van der Waals surface area contributed by atoms with Crippen molar-refractivity contribution >= 4 is 27.7 Å². The maximum absolute atomic E-state index is 13.1. The van der Waals surface area contributed by atoms with E-state index in [1.165, 1.54) is 31.4 Å². The molecule has 3 rings (SSSR count). The van der Waals surface area contributed by atoms with Crippen LogP contribution in [0.2, 0.25) is 0 Å². The first-order valence-electron chi connectivity index (χ1n) is 8.56. The lowest BCUT2D eigenvalue weighted by molar-refractivity contribution is 0.0854. The average molecular weight is 388 g/mol. The summed E-state index contributed by atoms with van der Waals surface area (Å²) in [4.78, 5) is 25.8. The Morgan fingerprint density at radius 2 is 1.74 bits per heavy atom. The molecule has 0 N–H and O–H groups in total. The Hall–Kier alpha value is -2.87. The molecule has 0 radical (unpaired) electrons. The lowest BCUT2D eigenvalue weighted by Gasteiger charge is -2.35. The van der Waals surface area contributed by atoms with Crippen molar-refractivity contribution in [1.82, 2.24) is 4.31 Å². The second kappa shape index (κ2) is 7.40. The first-order chi connectivity index (χ1) is 12.9. The van der Waals surface area contributed by atoms with Crippen LogP contribution in [0.1, 0.15) is 40.5 Å². The maximum atomic E-state index is 13.1. The van der Waals surface area contributed by atoms with Gasteiger partial charge in [0.1, 0.15) is 5.75 Å². The van der Waals surface area contributed by atoms with Gasteiger partial charge in [-0.2, -0.15) is 12.7 Å². The molecule has 1 heterocycles. The van der Waals surface area contributed by atoms with Gasteiger partial charge in [0.05, 0.1) is 18.4 Å². The summed E-state index contributed by atoms with van der Waals surface area (Å²) in [6, 6.07) is 12.4. The minimum Gasteiger partial charge on any atom is -0.497 e. The topological polar surface area (TPSA) is 84.0 Å². The molecular formula is C19H20N2O5S. The predicted octanol–water partition coefficient (Wildman–Crippen LogP) is 2.84. The third-order valence-electron chi connectivity index (χ3n) is 4.33. The number of anilines is 1. The summed E-state index contributed by atoms with van der Waals surface area (Å²) < 4.78 is 32.8. The summed E-state index contributed by atoms with van der Waals surface area (Å²) in [7, 11) is -2.83. The fraction of sp³-hybridized carbons (Fsp3) is 0.263. The number of unbranched alkanes of at least 4 members (excludes halogenated alkanes) is 1. The number of para-hydroxylation sites is 1. The standard InChI is InChI=1S/C19H20N2O5S/c1-3-4-13-20-19(23)16-7-5-6-8-17(16)21(27(20,24)25)18(22)14-9-11-15(26-2)12-10-14/h5-12H,3-4,13H2,1-2H3. The average Bonchev–Trinajstić information content (AvgIpc) is 2.67. The number of carbonyl (C=O) groups is 2. The fourth-order valence-electron chi connectivity index (χ4n) is 2.88. The molecule has 8 heteroatoms. The lowest BCUT2D eigenvalue weighted by atomic mass is 10.1. The van der Waals surface area contributed by atoms with Gasteiger partial charge in [-0.3, -0.25) is 9.59 Å². The van der Waals surface area contributed by atoms with E-state index in [2.05, 4.69) is 0 Å². The molecule has 0 atom stereocenters. The van der Waals surface area contributed by atoms with Crippen molar-refractivity contribution in [1.29, 1.82) is 0 Å². The number of ether oxygens (including phenoxy) is 1. The first-order valence-corrected chi connectivity index (χ1v) is 9.96. The molecule has 0 unspecified atom stereocenters. The van der Waals surface area contributed by atoms with E-state index in [0.29, 0.717) is 22.9 Å². The third-order valence-corrected chi connectivity index (χ3v) is 6.05. The van der Waals surface area contributed by atoms with Gasteiger partial charge in [-0.15, -0.1) is 0 Å². The highest BCUT2D eigenvalue weighted by Gasteiger charge is 2.44. The quantitative estimate of drug-likeness (QED) is 0.786. The van der Waals surface area contributed by atoms with E-state index in [4.69, 9.17) is 4.74 Å². The molecule has 7 nitrogen and oxygen atoms in total. The van der Waals surface area contributed by atoms with Crippen LogP contribution in [-0.2, 0) is 10.2 Å². The molecule has 1 aliphatic heterocycles. The monoisotopic (exact) mass is 388 g/mol. The molecular weight excluding hydrogens is 368 g/mol. The van der Waals surface area contributed by atoms with Crippen LogP contribution in [0.15, 0.2) is 48.5 Å². The molecule has 0 saturated heterocycles. The van der Waals surface area contributed by atoms with Gasteiger partial charge in [-0.05, 0) is 42.8 Å². The smallest absolute Gasteiger partial charge is 0.335 e. The summed E-state index contributed by atoms with van der Waals surface area (Å²) in [6.07, 6.45) is 1.23. The minimum absolute atomic E-state index is 0.0262. The van der Waals surface area contributed by atoms with Crippen LogP contribution in [0.3, 0.4) is 0 Å². The number of hydrogen-bond donors (Lipinski definition) is 0. The van der Waals surface area contributed by atoms with Crippen LogP contribution in [0, 0.1) is 0 Å². The molecule has 2 aromatic carbocycles. The molecule has 0 spiro atoms. The van der Waals surface area contributed by atoms with Gasteiger partial charge < -0.3 is 4.74 Å². The van der Waals surface area contributed by atoms with Gasteiger partial charge in [0.15, 0.2) is 0 Å². The largest absolute Gasteiger partial charge is 0.497 e. The van der Waals surface area contributed by atoms with Crippen molar-refractivity contribution in [2.24, 2.45) is 0 Å². The Kier molecular flexibility index (Phi) is 5.18. The zero-order valence-electron chi connectivity index (χ0n) is 15.1. The van der Waals surface area contributed by atoms with Crippen molar-refractivity contribution < 1.29 is 22.7 Å². The highest BCUT2D eigenvalue weighted by molar-refractivity contribution is 7.92. The number of fused-ring (bicyclic) bond motifs is 1.